The highest BCUT2D eigenvalue weighted by Gasteiger charge is 2.15. The van der Waals surface area contributed by atoms with Crippen LogP contribution in [0.1, 0.15) is 25.5 Å². The van der Waals surface area contributed by atoms with Gasteiger partial charge in [-0.25, -0.2) is 9.18 Å². The molecule has 98 valence electrons. The zero-order valence-electron chi connectivity index (χ0n) is 10.1. The number of aliphatic carboxylic acids is 1. The molecule has 0 saturated heterocycles. The lowest BCUT2D eigenvalue weighted by atomic mass is 10.1. The Hall–Kier alpha value is -2.11. The third kappa shape index (κ3) is 4.04. The van der Waals surface area contributed by atoms with Crippen LogP contribution in [0.25, 0.3) is 0 Å². The van der Waals surface area contributed by atoms with Crippen LogP contribution in [0.15, 0.2) is 24.3 Å². The smallest absolute Gasteiger partial charge is 0.325 e. The van der Waals surface area contributed by atoms with E-state index in [2.05, 4.69) is 10.6 Å². The van der Waals surface area contributed by atoms with Gasteiger partial charge in [-0.3, -0.25) is 4.79 Å². The van der Waals surface area contributed by atoms with Crippen molar-refractivity contribution >= 4 is 12.0 Å². The van der Waals surface area contributed by atoms with Gasteiger partial charge in [-0.15, -0.1) is 0 Å². The van der Waals surface area contributed by atoms with Crippen LogP contribution in [0.4, 0.5) is 9.18 Å². The van der Waals surface area contributed by atoms with Crippen molar-refractivity contribution in [2.45, 2.75) is 25.9 Å². The van der Waals surface area contributed by atoms with Gasteiger partial charge in [0, 0.05) is 0 Å². The number of rotatable bonds is 4. The number of carboxylic acids is 1. The molecule has 1 unspecified atom stereocenters. The SMILES string of the molecule is CC(NC(=O)N[C@@H](C)C(=O)O)c1cccc(F)c1. The summed E-state index contributed by atoms with van der Waals surface area (Å²) >= 11 is 0. The van der Waals surface area contributed by atoms with Crippen molar-refractivity contribution in [1.82, 2.24) is 10.6 Å². The van der Waals surface area contributed by atoms with Crippen molar-refractivity contribution in [1.29, 1.82) is 0 Å². The number of amides is 2. The summed E-state index contributed by atoms with van der Waals surface area (Å²) in [6.07, 6.45) is 0. The van der Waals surface area contributed by atoms with Crippen LogP contribution >= 0.6 is 0 Å². The molecule has 0 heterocycles. The molecule has 1 aromatic carbocycles. The fourth-order valence-electron chi connectivity index (χ4n) is 1.36. The summed E-state index contributed by atoms with van der Waals surface area (Å²) < 4.78 is 13.0. The maximum Gasteiger partial charge on any atom is 0.325 e. The third-order valence-corrected chi connectivity index (χ3v) is 2.41. The molecular formula is C12H15FN2O3. The second-order valence-electron chi connectivity index (χ2n) is 3.95. The van der Waals surface area contributed by atoms with Crippen LogP contribution in [0.5, 0.6) is 0 Å². The van der Waals surface area contributed by atoms with E-state index in [9.17, 15) is 14.0 Å². The van der Waals surface area contributed by atoms with E-state index in [4.69, 9.17) is 5.11 Å². The minimum Gasteiger partial charge on any atom is -0.480 e. The number of benzene rings is 1. The lowest BCUT2D eigenvalue weighted by Crippen LogP contribution is -2.45. The standard InChI is InChI=1S/C12H15FN2O3/c1-7(9-4-3-5-10(13)6-9)14-12(18)15-8(2)11(16)17/h3-8H,1-2H3,(H,16,17)(H2,14,15,18)/t7?,8-/m0/s1. The van der Waals surface area contributed by atoms with Crippen molar-refractivity contribution in [3.8, 4) is 0 Å². The number of halogens is 1. The highest BCUT2D eigenvalue weighted by molar-refractivity contribution is 5.82. The van der Waals surface area contributed by atoms with Crippen LogP contribution in [-0.2, 0) is 4.79 Å². The van der Waals surface area contributed by atoms with E-state index in [1.807, 2.05) is 0 Å². The van der Waals surface area contributed by atoms with Crippen molar-refractivity contribution < 1.29 is 19.1 Å². The Kier molecular flexibility index (Phi) is 4.65. The largest absolute Gasteiger partial charge is 0.480 e. The topological polar surface area (TPSA) is 78.4 Å². The number of urea groups is 1. The van der Waals surface area contributed by atoms with Gasteiger partial charge in [0.25, 0.3) is 0 Å². The van der Waals surface area contributed by atoms with Crippen molar-refractivity contribution in [2.24, 2.45) is 0 Å². The second kappa shape index (κ2) is 6.00. The highest BCUT2D eigenvalue weighted by atomic mass is 19.1. The van der Waals surface area contributed by atoms with Crippen LogP contribution < -0.4 is 10.6 Å². The minimum absolute atomic E-state index is 0.388. The van der Waals surface area contributed by atoms with E-state index in [1.165, 1.54) is 19.1 Å². The van der Waals surface area contributed by atoms with Crippen LogP contribution in [0.2, 0.25) is 0 Å². The zero-order chi connectivity index (χ0) is 13.7. The first-order valence-corrected chi connectivity index (χ1v) is 5.45. The summed E-state index contributed by atoms with van der Waals surface area (Å²) in [6, 6.07) is 3.83. The Balaban J connectivity index is 2.57. The van der Waals surface area contributed by atoms with E-state index >= 15 is 0 Å². The maximum absolute atomic E-state index is 13.0. The molecule has 0 aliphatic rings. The van der Waals surface area contributed by atoms with Gasteiger partial charge in [-0.05, 0) is 31.5 Å². The fourth-order valence-corrected chi connectivity index (χ4v) is 1.36. The zero-order valence-corrected chi connectivity index (χ0v) is 10.1. The number of carboxylic acid groups (broad SMARTS) is 1. The van der Waals surface area contributed by atoms with E-state index in [-0.39, 0.29) is 5.82 Å². The molecule has 2 amide bonds. The number of hydrogen-bond acceptors (Lipinski definition) is 2. The van der Waals surface area contributed by atoms with Gasteiger partial charge in [0.1, 0.15) is 11.9 Å². The Morgan fingerprint density at radius 1 is 1.28 bits per heavy atom. The normalized spacial score (nSPS) is 13.5. The number of hydrogen-bond donors (Lipinski definition) is 3. The van der Waals surface area contributed by atoms with E-state index < -0.39 is 24.1 Å². The first kappa shape index (κ1) is 14.0. The molecule has 0 radical (unpaired) electrons. The van der Waals surface area contributed by atoms with Crippen molar-refractivity contribution in [3.63, 3.8) is 0 Å². The summed E-state index contributed by atoms with van der Waals surface area (Å²) in [7, 11) is 0. The quantitative estimate of drug-likeness (QED) is 0.764. The van der Waals surface area contributed by atoms with Gasteiger partial charge in [-0.1, -0.05) is 12.1 Å². The average molecular weight is 254 g/mol. The molecule has 0 saturated carbocycles. The molecule has 2 atom stereocenters. The van der Waals surface area contributed by atoms with Crippen molar-refractivity contribution in [2.75, 3.05) is 0 Å². The molecule has 18 heavy (non-hydrogen) atoms. The number of carbonyl (C=O) groups is 2. The number of nitrogens with one attached hydrogen (secondary N) is 2. The van der Waals surface area contributed by atoms with Crippen LogP contribution in [0, 0.1) is 5.82 Å². The lowest BCUT2D eigenvalue weighted by Gasteiger charge is -2.16. The van der Waals surface area contributed by atoms with Gasteiger partial charge in [0.05, 0.1) is 6.04 Å². The Labute approximate surface area is 104 Å². The molecule has 6 heteroatoms. The summed E-state index contributed by atoms with van der Waals surface area (Å²) in [5.74, 6) is -1.51. The van der Waals surface area contributed by atoms with Gasteiger partial charge in [-0.2, -0.15) is 0 Å². The first-order chi connectivity index (χ1) is 8.40. The Morgan fingerprint density at radius 3 is 2.50 bits per heavy atom. The van der Waals surface area contributed by atoms with Crippen LogP contribution in [0.3, 0.4) is 0 Å². The molecule has 0 bridgehead atoms. The van der Waals surface area contributed by atoms with Gasteiger partial charge >= 0.3 is 12.0 Å². The molecule has 0 fully saturated rings. The Bertz CT molecular complexity index is 451. The molecule has 3 N–H and O–H groups in total. The van der Waals surface area contributed by atoms with Crippen LogP contribution in [-0.4, -0.2) is 23.1 Å². The first-order valence-electron chi connectivity index (χ1n) is 5.45. The monoisotopic (exact) mass is 254 g/mol. The fraction of sp³-hybridized carbons (Fsp3) is 0.333. The molecule has 0 spiro atoms. The maximum atomic E-state index is 13.0. The molecule has 1 aromatic rings. The van der Waals surface area contributed by atoms with E-state index in [1.54, 1.807) is 19.1 Å². The summed E-state index contributed by atoms with van der Waals surface area (Å²) in [5.41, 5.74) is 0.605. The molecule has 0 aromatic heterocycles. The molecule has 5 nitrogen and oxygen atoms in total. The lowest BCUT2D eigenvalue weighted by molar-refractivity contribution is -0.138. The van der Waals surface area contributed by atoms with Gasteiger partial charge in [0.2, 0.25) is 0 Å². The predicted octanol–water partition coefficient (Wildman–Crippen LogP) is 1.66. The second-order valence-corrected chi connectivity index (χ2v) is 3.95. The minimum atomic E-state index is -1.12. The predicted molar refractivity (Wildman–Crippen MR) is 63.6 cm³/mol. The Morgan fingerprint density at radius 2 is 1.94 bits per heavy atom. The van der Waals surface area contributed by atoms with Gasteiger partial charge in [0.15, 0.2) is 0 Å². The van der Waals surface area contributed by atoms with Gasteiger partial charge < -0.3 is 15.7 Å². The third-order valence-electron chi connectivity index (χ3n) is 2.41. The number of carbonyl (C=O) groups excluding carboxylic acids is 1. The molecule has 1 rings (SSSR count). The molecule has 0 aliphatic heterocycles. The van der Waals surface area contributed by atoms with Crippen molar-refractivity contribution in [3.05, 3.63) is 35.6 Å². The highest BCUT2D eigenvalue weighted by Crippen LogP contribution is 2.13. The summed E-state index contributed by atoms with van der Waals surface area (Å²) in [4.78, 5) is 22.0. The summed E-state index contributed by atoms with van der Waals surface area (Å²) in [5, 5.41) is 13.4. The molecule has 0 aliphatic carbocycles. The summed E-state index contributed by atoms with van der Waals surface area (Å²) in [6.45, 7) is 3.04. The molecular weight excluding hydrogens is 239 g/mol. The van der Waals surface area contributed by atoms with E-state index in [0.29, 0.717) is 5.56 Å². The average Bonchev–Trinajstić information content (AvgIpc) is 2.28. The van der Waals surface area contributed by atoms with E-state index in [0.717, 1.165) is 0 Å².